The SMILES string of the molecule is CC(C)C(NC(=O)c1ccc(F)cc1)C(=O)Nc1cccc(Cn2cccn2)c1. The molecule has 0 saturated carbocycles. The second-order valence-corrected chi connectivity index (χ2v) is 7.10. The number of hydrogen-bond acceptors (Lipinski definition) is 3. The van der Waals surface area contributed by atoms with E-state index in [1.807, 2.05) is 44.3 Å². The van der Waals surface area contributed by atoms with Gasteiger partial charge in [0.25, 0.3) is 5.91 Å². The normalized spacial score (nSPS) is 11.9. The fourth-order valence-corrected chi connectivity index (χ4v) is 2.91. The lowest BCUT2D eigenvalue weighted by Gasteiger charge is -2.22. The summed E-state index contributed by atoms with van der Waals surface area (Å²) in [4.78, 5) is 25.2. The highest BCUT2D eigenvalue weighted by Gasteiger charge is 2.25. The Labute approximate surface area is 168 Å². The molecule has 150 valence electrons. The first-order valence-electron chi connectivity index (χ1n) is 9.36. The zero-order chi connectivity index (χ0) is 20.8. The zero-order valence-electron chi connectivity index (χ0n) is 16.3. The fraction of sp³-hybridized carbons (Fsp3) is 0.227. The van der Waals surface area contributed by atoms with Crippen LogP contribution in [0.3, 0.4) is 0 Å². The molecule has 1 aromatic heterocycles. The van der Waals surface area contributed by atoms with Crippen molar-refractivity contribution in [1.29, 1.82) is 0 Å². The zero-order valence-corrected chi connectivity index (χ0v) is 16.3. The number of hydrogen-bond donors (Lipinski definition) is 2. The summed E-state index contributed by atoms with van der Waals surface area (Å²) in [5, 5.41) is 9.78. The summed E-state index contributed by atoms with van der Waals surface area (Å²) in [5.74, 6) is -1.29. The summed E-state index contributed by atoms with van der Waals surface area (Å²) in [5.41, 5.74) is 1.93. The molecular formula is C22H23FN4O2. The smallest absolute Gasteiger partial charge is 0.251 e. The Balaban J connectivity index is 1.68. The lowest BCUT2D eigenvalue weighted by Crippen LogP contribution is -2.47. The molecule has 2 N–H and O–H groups in total. The van der Waals surface area contributed by atoms with Crippen molar-refractivity contribution in [3.05, 3.63) is 83.9 Å². The maximum atomic E-state index is 13.1. The Morgan fingerprint density at radius 1 is 1.10 bits per heavy atom. The number of nitrogens with one attached hydrogen (secondary N) is 2. The van der Waals surface area contributed by atoms with Crippen molar-refractivity contribution in [2.45, 2.75) is 26.4 Å². The summed E-state index contributed by atoms with van der Waals surface area (Å²) in [6.45, 7) is 4.29. The molecule has 2 amide bonds. The van der Waals surface area contributed by atoms with Crippen molar-refractivity contribution in [3.63, 3.8) is 0 Å². The van der Waals surface area contributed by atoms with Crippen LogP contribution in [-0.2, 0) is 11.3 Å². The van der Waals surface area contributed by atoms with Crippen molar-refractivity contribution in [2.24, 2.45) is 5.92 Å². The minimum atomic E-state index is -0.734. The van der Waals surface area contributed by atoms with Crippen LogP contribution in [0.4, 0.5) is 10.1 Å². The van der Waals surface area contributed by atoms with E-state index < -0.39 is 17.8 Å². The second kappa shape index (κ2) is 9.14. The lowest BCUT2D eigenvalue weighted by molar-refractivity contribution is -0.118. The first kappa shape index (κ1) is 20.3. The number of nitrogens with zero attached hydrogens (tertiary/aromatic N) is 2. The molecule has 0 aliphatic rings. The molecular weight excluding hydrogens is 371 g/mol. The Hall–Kier alpha value is -3.48. The van der Waals surface area contributed by atoms with Crippen LogP contribution in [0.25, 0.3) is 0 Å². The Kier molecular flexibility index (Phi) is 6.39. The lowest BCUT2D eigenvalue weighted by atomic mass is 10.0. The summed E-state index contributed by atoms with van der Waals surface area (Å²) in [7, 11) is 0. The molecule has 0 saturated heterocycles. The number of carbonyl (C=O) groups excluding carboxylic acids is 2. The molecule has 6 nitrogen and oxygen atoms in total. The predicted octanol–water partition coefficient (Wildman–Crippen LogP) is 3.46. The number of halogens is 1. The number of aromatic nitrogens is 2. The van der Waals surface area contributed by atoms with Gasteiger partial charge in [0.2, 0.25) is 5.91 Å². The van der Waals surface area contributed by atoms with E-state index in [2.05, 4.69) is 15.7 Å². The molecule has 0 bridgehead atoms. The molecule has 3 aromatic rings. The molecule has 2 aromatic carbocycles. The average Bonchev–Trinajstić information content (AvgIpc) is 3.19. The summed E-state index contributed by atoms with van der Waals surface area (Å²) >= 11 is 0. The van der Waals surface area contributed by atoms with Gasteiger partial charge in [-0.05, 0) is 53.9 Å². The van der Waals surface area contributed by atoms with Crippen molar-refractivity contribution >= 4 is 17.5 Å². The van der Waals surface area contributed by atoms with E-state index in [4.69, 9.17) is 0 Å². The quantitative estimate of drug-likeness (QED) is 0.644. The monoisotopic (exact) mass is 394 g/mol. The first-order chi connectivity index (χ1) is 13.9. The number of anilines is 1. The van der Waals surface area contributed by atoms with Crippen LogP contribution in [0.5, 0.6) is 0 Å². The van der Waals surface area contributed by atoms with E-state index in [0.717, 1.165) is 5.56 Å². The molecule has 29 heavy (non-hydrogen) atoms. The summed E-state index contributed by atoms with van der Waals surface area (Å²) in [6, 6.07) is 13.8. The third kappa shape index (κ3) is 5.51. The van der Waals surface area contributed by atoms with Gasteiger partial charge >= 0.3 is 0 Å². The highest BCUT2D eigenvalue weighted by atomic mass is 19.1. The number of carbonyl (C=O) groups is 2. The predicted molar refractivity (Wildman–Crippen MR) is 109 cm³/mol. The largest absolute Gasteiger partial charge is 0.340 e. The molecule has 3 rings (SSSR count). The fourth-order valence-electron chi connectivity index (χ4n) is 2.91. The van der Waals surface area contributed by atoms with Gasteiger partial charge in [-0.1, -0.05) is 26.0 Å². The van der Waals surface area contributed by atoms with E-state index in [9.17, 15) is 14.0 Å². The van der Waals surface area contributed by atoms with E-state index in [1.165, 1.54) is 24.3 Å². The van der Waals surface area contributed by atoms with Gasteiger partial charge < -0.3 is 10.6 Å². The topological polar surface area (TPSA) is 76.0 Å². The molecule has 7 heteroatoms. The van der Waals surface area contributed by atoms with Crippen LogP contribution in [-0.4, -0.2) is 27.6 Å². The van der Waals surface area contributed by atoms with Crippen LogP contribution in [0.1, 0.15) is 29.8 Å². The molecule has 0 spiro atoms. The van der Waals surface area contributed by atoms with E-state index in [0.29, 0.717) is 17.8 Å². The molecule has 0 radical (unpaired) electrons. The molecule has 0 aliphatic carbocycles. The van der Waals surface area contributed by atoms with Gasteiger partial charge in [-0.25, -0.2) is 4.39 Å². The van der Waals surface area contributed by atoms with Crippen molar-refractivity contribution < 1.29 is 14.0 Å². The molecule has 1 unspecified atom stereocenters. The average molecular weight is 394 g/mol. The maximum Gasteiger partial charge on any atom is 0.251 e. The Bertz CT molecular complexity index is 969. The van der Waals surface area contributed by atoms with Gasteiger partial charge in [0.05, 0.1) is 6.54 Å². The highest BCUT2D eigenvalue weighted by Crippen LogP contribution is 2.14. The van der Waals surface area contributed by atoms with Gasteiger partial charge in [-0.2, -0.15) is 5.10 Å². The van der Waals surface area contributed by atoms with E-state index in [1.54, 1.807) is 16.9 Å². The van der Waals surface area contributed by atoms with Crippen molar-refractivity contribution in [3.8, 4) is 0 Å². The minimum Gasteiger partial charge on any atom is -0.340 e. The van der Waals surface area contributed by atoms with Gasteiger partial charge in [0, 0.05) is 23.6 Å². The van der Waals surface area contributed by atoms with Crippen molar-refractivity contribution in [2.75, 3.05) is 5.32 Å². The molecule has 0 fully saturated rings. The van der Waals surface area contributed by atoms with Crippen LogP contribution >= 0.6 is 0 Å². The van der Waals surface area contributed by atoms with E-state index >= 15 is 0 Å². The number of amides is 2. The maximum absolute atomic E-state index is 13.1. The van der Waals surface area contributed by atoms with Gasteiger partial charge in [-0.3, -0.25) is 14.3 Å². The van der Waals surface area contributed by atoms with Crippen LogP contribution < -0.4 is 10.6 Å². The Morgan fingerprint density at radius 3 is 2.52 bits per heavy atom. The van der Waals surface area contributed by atoms with E-state index in [-0.39, 0.29) is 11.8 Å². The van der Waals surface area contributed by atoms with Gasteiger partial charge in [-0.15, -0.1) is 0 Å². The number of rotatable bonds is 7. The van der Waals surface area contributed by atoms with Crippen LogP contribution in [0.15, 0.2) is 67.0 Å². The first-order valence-corrected chi connectivity index (χ1v) is 9.36. The summed E-state index contributed by atoms with van der Waals surface area (Å²) < 4.78 is 14.9. The van der Waals surface area contributed by atoms with Crippen LogP contribution in [0, 0.1) is 11.7 Å². The van der Waals surface area contributed by atoms with Gasteiger partial charge in [0.15, 0.2) is 0 Å². The highest BCUT2D eigenvalue weighted by molar-refractivity contribution is 6.01. The molecule has 1 heterocycles. The molecule has 1 atom stereocenters. The third-order valence-corrected chi connectivity index (χ3v) is 4.44. The Morgan fingerprint density at radius 2 is 1.86 bits per heavy atom. The molecule has 0 aliphatic heterocycles. The minimum absolute atomic E-state index is 0.133. The summed E-state index contributed by atoms with van der Waals surface area (Å²) in [6.07, 6.45) is 3.58. The number of benzene rings is 2. The standard InChI is InChI=1S/C22H23FN4O2/c1-15(2)20(26-21(28)17-7-9-18(23)10-8-17)22(29)25-19-6-3-5-16(13-19)14-27-12-4-11-24-27/h3-13,15,20H,14H2,1-2H3,(H,25,29)(H,26,28). The van der Waals surface area contributed by atoms with Gasteiger partial charge in [0.1, 0.15) is 11.9 Å². The second-order valence-electron chi connectivity index (χ2n) is 7.10. The van der Waals surface area contributed by atoms with Crippen molar-refractivity contribution in [1.82, 2.24) is 15.1 Å². The third-order valence-electron chi connectivity index (χ3n) is 4.44. The van der Waals surface area contributed by atoms with Crippen LogP contribution in [0.2, 0.25) is 0 Å².